The molecule has 0 spiro atoms. The Morgan fingerprint density at radius 3 is 2.93 bits per heavy atom. The lowest BCUT2D eigenvalue weighted by Gasteiger charge is -2.05. The second-order valence-electron chi connectivity index (χ2n) is 3.20. The molecule has 2 rings (SSSR count). The topological polar surface area (TPSA) is 53.1 Å². The highest BCUT2D eigenvalue weighted by atomic mass is 16.5. The molecule has 74 valence electrons. The molecule has 0 aliphatic carbocycles. The number of methoxy groups -OCH3 is 1. The molecule has 1 heterocycles. The zero-order valence-electron chi connectivity index (χ0n) is 8.32. The third kappa shape index (κ3) is 1.24. The summed E-state index contributed by atoms with van der Waals surface area (Å²) >= 11 is 0. The number of nitrogens with two attached hydrogens (primary N) is 1. The summed E-state index contributed by atoms with van der Waals surface area (Å²) in [5, 5.41) is 5.25. The van der Waals surface area contributed by atoms with Crippen molar-refractivity contribution in [1.29, 1.82) is 0 Å². The summed E-state index contributed by atoms with van der Waals surface area (Å²) in [5.74, 6) is 0.825. The first-order valence-electron chi connectivity index (χ1n) is 4.45. The molecule has 0 aliphatic rings. The molecule has 1 aromatic heterocycles. The number of ether oxygens (including phenoxy) is 1. The fourth-order valence-corrected chi connectivity index (χ4v) is 1.66. The van der Waals surface area contributed by atoms with E-state index in [0.29, 0.717) is 6.54 Å². The predicted octanol–water partition coefficient (Wildman–Crippen LogP) is 1.04. The van der Waals surface area contributed by atoms with E-state index in [9.17, 15) is 0 Å². The Balaban J connectivity index is 2.76. The average molecular weight is 191 g/mol. The van der Waals surface area contributed by atoms with Crippen LogP contribution in [0.15, 0.2) is 18.3 Å². The van der Waals surface area contributed by atoms with Gasteiger partial charge in [-0.1, -0.05) is 0 Å². The van der Waals surface area contributed by atoms with Crippen LogP contribution in [0.2, 0.25) is 0 Å². The van der Waals surface area contributed by atoms with E-state index in [1.165, 1.54) is 0 Å². The molecule has 14 heavy (non-hydrogen) atoms. The minimum Gasteiger partial charge on any atom is -0.497 e. The predicted molar refractivity (Wildman–Crippen MR) is 55.2 cm³/mol. The third-order valence-electron chi connectivity index (χ3n) is 2.34. The van der Waals surface area contributed by atoms with E-state index in [0.717, 1.165) is 22.2 Å². The van der Waals surface area contributed by atoms with Gasteiger partial charge in [0.05, 0.1) is 18.8 Å². The largest absolute Gasteiger partial charge is 0.497 e. The molecule has 0 amide bonds. The van der Waals surface area contributed by atoms with Crippen molar-refractivity contribution < 1.29 is 4.74 Å². The average Bonchev–Trinajstić information content (AvgIpc) is 2.59. The van der Waals surface area contributed by atoms with E-state index in [1.54, 1.807) is 7.11 Å². The number of nitrogens with zero attached hydrogens (tertiary/aromatic N) is 2. The van der Waals surface area contributed by atoms with Crippen LogP contribution in [-0.4, -0.2) is 16.9 Å². The summed E-state index contributed by atoms with van der Waals surface area (Å²) < 4.78 is 7.01. The van der Waals surface area contributed by atoms with Gasteiger partial charge in [-0.2, -0.15) is 5.10 Å². The van der Waals surface area contributed by atoms with Crippen LogP contribution in [0.1, 0.15) is 5.56 Å². The van der Waals surface area contributed by atoms with Gasteiger partial charge >= 0.3 is 0 Å². The molecule has 2 N–H and O–H groups in total. The fourth-order valence-electron chi connectivity index (χ4n) is 1.66. The van der Waals surface area contributed by atoms with Crippen molar-refractivity contribution >= 4 is 10.9 Å². The maximum atomic E-state index is 5.67. The number of hydrogen-bond donors (Lipinski definition) is 1. The first kappa shape index (κ1) is 9.02. The molecular formula is C10H13N3O. The SMILES string of the molecule is COc1cc(CN)c2c(cnn2C)c1. The number of aryl methyl sites for hydroxylation is 1. The molecule has 1 aromatic carbocycles. The van der Waals surface area contributed by atoms with Gasteiger partial charge in [-0.15, -0.1) is 0 Å². The van der Waals surface area contributed by atoms with Crippen molar-refractivity contribution in [2.45, 2.75) is 6.54 Å². The lowest BCUT2D eigenvalue weighted by Crippen LogP contribution is -2.01. The highest BCUT2D eigenvalue weighted by Crippen LogP contribution is 2.24. The van der Waals surface area contributed by atoms with Crippen LogP contribution in [0.25, 0.3) is 10.9 Å². The van der Waals surface area contributed by atoms with E-state index in [2.05, 4.69) is 5.10 Å². The van der Waals surface area contributed by atoms with Crippen LogP contribution >= 0.6 is 0 Å². The van der Waals surface area contributed by atoms with E-state index >= 15 is 0 Å². The molecule has 0 saturated heterocycles. The van der Waals surface area contributed by atoms with Crippen molar-refractivity contribution in [3.05, 3.63) is 23.9 Å². The Morgan fingerprint density at radius 2 is 2.29 bits per heavy atom. The molecule has 0 bridgehead atoms. The Hall–Kier alpha value is -1.55. The molecule has 4 nitrogen and oxygen atoms in total. The molecule has 2 aromatic rings. The second-order valence-corrected chi connectivity index (χ2v) is 3.20. The minimum atomic E-state index is 0.493. The summed E-state index contributed by atoms with van der Waals surface area (Å²) in [6.07, 6.45) is 1.82. The quantitative estimate of drug-likeness (QED) is 0.771. The minimum absolute atomic E-state index is 0.493. The summed E-state index contributed by atoms with van der Waals surface area (Å²) in [6.45, 7) is 0.493. The van der Waals surface area contributed by atoms with Crippen molar-refractivity contribution in [2.24, 2.45) is 12.8 Å². The Bertz CT molecular complexity index is 462. The van der Waals surface area contributed by atoms with Gasteiger partial charge in [-0.25, -0.2) is 0 Å². The van der Waals surface area contributed by atoms with Gasteiger partial charge in [0, 0.05) is 19.0 Å². The zero-order chi connectivity index (χ0) is 10.1. The van der Waals surface area contributed by atoms with Crippen molar-refractivity contribution in [2.75, 3.05) is 7.11 Å². The van der Waals surface area contributed by atoms with Gasteiger partial charge in [0.25, 0.3) is 0 Å². The highest BCUT2D eigenvalue weighted by molar-refractivity contribution is 5.83. The molecule has 0 radical (unpaired) electrons. The summed E-state index contributed by atoms with van der Waals surface area (Å²) in [6, 6.07) is 3.91. The van der Waals surface area contributed by atoms with Crippen molar-refractivity contribution in [1.82, 2.24) is 9.78 Å². The summed E-state index contributed by atoms with van der Waals surface area (Å²) in [7, 11) is 3.56. The molecule has 0 saturated carbocycles. The van der Waals surface area contributed by atoms with Crippen LogP contribution in [0, 0.1) is 0 Å². The van der Waals surface area contributed by atoms with Gasteiger partial charge in [0.2, 0.25) is 0 Å². The van der Waals surface area contributed by atoms with Crippen LogP contribution in [0.3, 0.4) is 0 Å². The summed E-state index contributed by atoms with van der Waals surface area (Å²) in [5.41, 5.74) is 7.80. The van der Waals surface area contributed by atoms with E-state index in [-0.39, 0.29) is 0 Å². The Morgan fingerprint density at radius 1 is 1.50 bits per heavy atom. The second kappa shape index (κ2) is 3.31. The maximum absolute atomic E-state index is 5.67. The van der Waals surface area contributed by atoms with Gasteiger partial charge < -0.3 is 10.5 Å². The van der Waals surface area contributed by atoms with Crippen LogP contribution in [0.5, 0.6) is 5.75 Å². The first-order valence-corrected chi connectivity index (χ1v) is 4.45. The standard InChI is InChI=1S/C10H13N3O/c1-13-10-7(5-11)3-9(14-2)4-8(10)6-12-13/h3-4,6H,5,11H2,1-2H3. The first-order chi connectivity index (χ1) is 6.76. The van der Waals surface area contributed by atoms with Gasteiger partial charge in [0.15, 0.2) is 0 Å². The lowest BCUT2D eigenvalue weighted by molar-refractivity contribution is 0.415. The van der Waals surface area contributed by atoms with Crippen LogP contribution in [0.4, 0.5) is 0 Å². The molecule has 0 atom stereocenters. The monoisotopic (exact) mass is 191 g/mol. The number of benzene rings is 1. The molecule has 0 fully saturated rings. The Kier molecular flexibility index (Phi) is 2.13. The normalized spacial score (nSPS) is 10.8. The number of rotatable bonds is 2. The highest BCUT2D eigenvalue weighted by Gasteiger charge is 2.07. The van der Waals surface area contributed by atoms with Gasteiger partial charge in [-0.3, -0.25) is 4.68 Å². The lowest BCUT2D eigenvalue weighted by atomic mass is 10.1. The zero-order valence-corrected chi connectivity index (χ0v) is 8.32. The number of hydrogen-bond acceptors (Lipinski definition) is 3. The summed E-state index contributed by atoms with van der Waals surface area (Å²) in [4.78, 5) is 0. The van der Waals surface area contributed by atoms with Gasteiger partial charge in [0.1, 0.15) is 5.75 Å². The third-order valence-corrected chi connectivity index (χ3v) is 2.34. The van der Waals surface area contributed by atoms with E-state index in [1.807, 2.05) is 30.1 Å². The smallest absolute Gasteiger partial charge is 0.119 e. The van der Waals surface area contributed by atoms with Crippen molar-refractivity contribution in [3.8, 4) is 5.75 Å². The van der Waals surface area contributed by atoms with Crippen molar-refractivity contribution in [3.63, 3.8) is 0 Å². The number of fused-ring (bicyclic) bond motifs is 1. The fraction of sp³-hybridized carbons (Fsp3) is 0.300. The van der Waals surface area contributed by atoms with Crippen LogP contribution in [-0.2, 0) is 13.6 Å². The van der Waals surface area contributed by atoms with Crippen LogP contribution < -0.4 is 10.5 Å². The maximum Gasteiger partial charge on any atom is 0.119 e. The van der Waals surface area contributed by atoms with Gasteiger partial charge in [-0.05, 0) is 17.7 Å². The molecular weight excluding hydrogens is 178 g/mol. The Labute approximate surface area is 82.3 Å². The molecule has 4 heteroatoms. The molecule has 0 unspecified atom stereocenters. The number of aromatic nitrogens is 2. The van der Waals surface area contributed by atoms with E-state index < -0.39 is 0 Å². The van der Waals surface area contributed by atoms with E-state index in [4.69, 9.17) is 10.5 Å². The molecule has 0 aliphatic heterocycles.